The summed E-state index contributed by atoms with van der Waals surface area (Å²) in [5, 5.41) is 13.3. The number of ether oxygens (including phenoxy) is 1. The van der Waals surface area contributed by atoms with Gasteiger partial charge in [0.05, 0.1) is 18.7 Å². The molecule has 2 unspecified atom stereocenters. The number of aromatic nitrogens is 1. The summed E-state index contributed by atoms with van der Waals surface area (Å²) in [5.41, 5.74) is -0.308. The molecular weight excluding hydrogens is 429 g/mol. The maximum atomic E-state index is 14.3. The van der Waals surface area contributed by atoms with Crippen molar-refractivity contribution >= 4 is 11.8 Å². The van der Waals surface area contributed by atoms with Gasteiger partial charge in [0.15, 0.2) is 17.7 Å². The molecule has 6 atom stereocenters. The first-order valence-electron chi connectivity index (χ1n) is 11.3. The van der Waals surface area contributed by atoms with E-state index in [0.29, 0.717) is 11.8 Å². The lowest BCUT2D eigenvalue weighted by Gasteiger charge is -2.45. The molecule has 4 aliphatic rings. The average molecular weight is 453 g/mol. The second kappa shape index (κ2) is 6.90. The summed E-state index contributed by atoms with van der Waals surface area (Å²) >= 11 is 0. The average Bonchev–Trinajstić information content (AvgIpc) is 3.51. The molecule has 2 aliphatic heterocycles. The van der Waals surface area contributed by atoms with Crippen molar-refractivity contribution < 1.29 is 23.8 Å². The van der Waals surface area contributed by atoms with E-state index in [2.05, 4.69) is 5.32 Å². The molecule has 2 saturated carbocycles. The SMILES string of the molecule is Cc1ccc([C@@H](C)NC(=O)c2cn3c(c(O)c2=O)C(=O)N2C4CC(O[C@H]2C3)[C@@H]2C[C@H]42)c(F)c1. The van der Waals surface area contributed by atoms with Crippen LogP contribution in [0.5, 0.6) is 5.75 Å². The molecule has 2 aliphatic carbocycles. The molecule has 172 valence electrons. The van der Waals surface area contributed by atoms with Gasteiger partial charge in [-0.05, 0) is 50.2 Å². The standard InChI is InChI=1S/C24H24FN3O5/c1-10-3-4-12(16(25)5-10)11(2)26-23(31)15-8-27-9-19-28(24(32)20(27)22(30)21(15)29)17-7-18(33-19)14-6-13(14)17/h3-5,8,11,13-14,17-19,30H,6-7,9H2,1-2H3,(H,26,31)/t11-,13+,14-,17?,18?,19+/m1/s1. The van der Waals surface area contributed by atoms with Crippen molar-refractivity contribution in [3.05, 3.63) is 62.8 Å². The molecule has 1 saturated heterocycles. The Hall–Kier alpha value is -3.20. The van der Waals surface area contributed by atoms with Gasteiger partial charge in [-0.2, -0.15) is 0 Å². The van der Waals surface area contributed by atoms with Crippen LogP contribution in [0.3, 0.4) is 0 Å². The Morgan fingerprint density at radius 1 is 1.27 bits per heavy atom. The predicted molar refractivity (Wildman–Crippen MR) is 114 cm³/mol. The van der Waals surface area contributed by atoms with Crippen molar-refractivity contribution in [1.82, 2.24) is 14.8 Å². The van der Waals surface area contributed by atoms with Crippen molar-refractivity contribution in [2.75, 3.05) is 0 Å². The number of benzene rings is 1. The Labute approximate surface area is 189 Å². The fourth-order valence-corrected chi connectivity index (χ4v) is 5.87. The monoisotopic (exact) mass is 453 g/mol. The highest BCUT2D eigenvalue weighted by Crippen LogP contribution is 2.58. The first-order valence-corrected chi connectivity index (χ1v) is 11.3. The van der Waals surface area contributed by atoms with Crippen LogP contribution in [0.1, 0.15) is 57.8 Å². The smallest absolute Gasteiger partial charge is 0.276 e. The molecule has 1 aromatic heterocycles. The number of amides is 2. The Balaban J connectivity index is 1.31. The van der Waals surface area contributed by atoms with Crippen LogP contribution < -0.4 is 10.7 Å². The van der Waals surface area contributed by atoms with Gasteiger partial charge in [-0.1, -0.05) is 12.1 Å². The number of fused-ring (bicyclic) bond motifs is 8. The molecule has 2 aromatic rings. The van der Waals surface area contributed by atoms with E-state index in [1.165, 1.54) is 16.8 Å². The van der Waals surface area contributed by atoms with E-state index < -0.39 is 41.1 Å². The van der Waals surface area contributed by atoms with E-state index in [9.17, 15) is 23.9 Å². The molecule has 2 N–H and O–H groups in total. The molecule has 1 aromatic carbocycles. The summed E-state index contributed by atoms with van der Waals surface area (Å²) in [4.78, 5) is 40.7. The topological polar surface area (TPSA) is 101 Å². The third-order valence-corrected chi connectivity index (χ3v) is 7.60. The van der Waals surface area contributed by atoms with Gasteiger partial charge in [0.2, 0.25) is 5.43 Å². The van der Waals surface area contributed by atoms with Crippen LogP contribution in [-0.2, 0) is 11.3 Å². The first kappa shape index (κ1) is 20.4. The van der Waals surface area contributed by atoms with Gasteiger partial charge in [0.1, 0.15) is 11.4 Å². The van der Waals surface area contributed by atoms with Crippen LogP contribution in [0, 0.1) is 24.6 Å². The zero-order valence-electron chi connectivity index (χ0n) is 18.2. The van der Waals surface area contributed by atoms with Gasteiger partial charge in [0, 0.05) is 17.8 Å². The fraction of sp³-hybridized carbons (Fsp3) is 0.458. The number of rotatable bonds is 3. The van der Waals surface area contributed by atoms with Crippen molar-refractivity contribution in [1.29, 1.82) is 0 Å². The number of carbonyl (C=O) groups is 2. The van der Waals surface area contributed by atoms with E-state index in [0.717, 1.165) is 18.4 Å². The minimum absolute atomic E-state index is 0.0720. The molecule has 9 heteroatoms. The Morgan fingerprint density at radius 2 is 2.06 bits per heavy atom. The van der Waals surface area contributed by atoms with E-state index in [1.807, 2.05) is 0 Å². The molecular formula is C24H24FN3O5. The molecule has 33 heavy (non-hydrogen) atoms. The minimum atomic E-state index is -0.923. The largest absolute Gasteiger partial charge is 0.503 e. The number of aromatic hydroxyl groups is 1. The number of halogens is 1. The van der Waals surface area contributed by atoms with Crippen molar-refractivity contribution in [3.63, 3.8) is 0 Å². The van der Waals surface area contributed by atoms with Gasteiger partial charge in [-0.25, -0.2) is 4.39 Å². The summed E-state index contributed by atoms with van der Waals surface area (Å²) in [6.45, 7) is 3.60. The molecule has 3 fully saturated rings. The Bertz CT molecular complexity index is 1270. The second-order valence-corrected chi connectivity index (χ2v) is 9.65. The number of hydrogen-bond acceptors (Lipinski definition) is 5. The Kier molecular flexibility index (Phi) is 4.27. The normalized spacial score (nSPS) is 29.7. The fourth-order valence-electron chi connectivity index (χ4n) is 5.87. The van der Waals surface area contributed by atoms with E-state index in [-0.39, 0.29) is 35.5 Å². The summed E-state index contributed by atoms with van der Waals surface area (Å²) in [6.07, 6.45) is 2.78. The van der Waals surface area contributed by atoms with Gasteiger partial charge in [0.25, 0.3) is 11.8 Å². The van der Waals surface area contributed by atoms with Crippen LogP contribution >= 0.6 is 0 Å². The van der Waals surface area contributed by atoms with Crippen molar-refractivity contribution in [2.45, 2.75) is 57.6 Å². The summed E-state index contributed by atoms with van der Waals surface area (Å²) in [7, 11) is 0. The summed E-state index contributed by atoms with van der Waals surface area (Å²) < 4.78 is 21.9. The third kappa shape index (κ3) is 2.95. The van der Waals surface area contributed by atoms with Crippen LogP contribution in [0.25, 0.3) is 0 Å². The van der Waals surface area contributed by atoms with Crippen molar-refractivity contribution in [3.8, 4) is 5.75 Å². The van der Waals surface area contributed by atoms with Gasteiger partial charge >= 0.3 is 0 Å². The third-order valence-electron chi connectivity index (χ3n) is 7.60. The lowest BCUT2D eigenvalue weighted by molar-refractivity contribution is -0.144. The van der Waals surface area contributed by atoms with Crippen LogP contribution in [-0.4, -0.2) is 44.8 Å². The lowest BCUT2D eigenvalue weighted by Crippen LogP contribution is -2.58. The highest BCUT2D eigenvalue weighted by molar-refractivity contribution is 5.99. The predicted octanol–water partition coefficient (Wildman–Crippen LogP) is 2.08. The number of aryl methyl sites for hydroxylation is 1. The lowest BCUT2D eigenvalue weighted by atomic mass is 10.0. The van der Waals surface area contributed by atoms with Gasteiger partial charge in [-0.3, -0.25) is 14.4 Å². The number of hydrogen-bond donors (Lipinski definition) is 2. The number of nitrogens with zero attached hydrogens (tertiary/aromatic N) is 2. The Morgan fingerprint density at radius 3 is 2.82 bits per heavy atom. The van der Waals surface area contributed by atoms with E-state index in [1.54, 1.807) is 30.9 Å². The molecule has 3 heterocycles. The molecule has 0 spiro atoms. The quantitative estimate of drug-likeness (QED) is 0.741. The minimum Gasteiger partial charge on any atom is -0.503 e. The maximum Gasteiger partial charge on any atom is 0.276 e. The molecule has 6 rings (SSSR count). The second-order valence-electron chi connectivity index (χ2n) is 9.65. The van der Waals surface area contributed by atoms with Crippen LogP contribution in [0.15, 0.2) is 29.2 Å². The molecule has 2 amide bonds. The highest BCUT2D eigenvalue weighted by atomic mass is 19.1. The number of nitrogens with one attached hydrogen (secondary N) is 1. The summed E-state index contributed by atoms with van der Waals surface area (Å²) in [6, 6.07) is 4.05. The molecule has 2 bridgehead atoms. The van der Waals surface area contributed by atoms with Crippen molar-refractivity contribution in [2.24, 2.45) is 11.8 Å². The van der Waals surface area contributed by atoms with Crippen LogP contribution in [0.4, 0.5) is 4.39 Å². The number of pyridine rings is 1. The maximum absolute atomic E-state index is 14.3. The van der Waals surface area contributed by atoms with E-state index >= 15 is 0 Å². The zero-order chi connectivity index (χ0) is 23.2. The molecule has 0 radical (unpaired) electrons. The highest BCUT2D eigenvalue weighted by Gasteiger charge is 2.63. The van der Waals surface area contributed by atoms with E-state index in [4.69, 9.17) is 4.74 Å². The first-order chi connectivity index (χ1) is 15.7. The van der Waals surface area contributed by atoms with Gasteiger partial charge < -0.3 is 24.6 Å². The van der Waals surface area contributed by atoms with Gasteiger partial charge in [-0.15, -0.1) is 0 Å². The van der Waals surface area contributed by atoms with Crippen LogP contribution in [0.2, 0.25) is 0 Å². The number of carbonyl (C=O) groups excluding carboxylic acids is 2. The molecule has 8 nitrogen and oxygen atoms in total. The zero-order valence-corrected chi connectivity index (χ0v) is 18.2. The summed E-state index contributed by atoms with van der Waals surface area (Å²) in [5.74, 6) is -1.49.